The minimum Gasteiger partial charge on any atom is -0.378 e. The summed E-state index contributed by atoms with van der Waals surface area (Å²) in [4.78, 5) is 0. The molecule has 5 heteroatoms. The average molecular weight is 270 g/mol. The lowest BCUT2D eigenvalue weighted by Crippen LogP contribution is -2.30. The molecule has 1 saturated heterocycles. The number of rotatable bonds is 5. The molecule has 1 fully saturated rings. The molecule has 0 radical (unpaired) electrons. The second-order valence-electron chi connectivity index (χ2n) is 4.95. The molecular weight excluding hydrogens is 250 g/mol. The maximum absolute atomic E-state index is 13.7. The van der Waals surface area contributed by atoms with Gasteiger partial charge in [0.25, 0.3) is 0 Å². The summed E-state index contributed by atoms with van der Waals surface area (Å²) in [6.07, 6.45) is 4.93. The molecule has 3 N–H and O–H groups in total. The zero-order valence-electron chi connectivity index (χ0n) is 10.9. The highest BCUT2D eigenvalue weighted by Crippen LogP contribution is 2.25. The lowest BCUT2D eigenvalue weighted by atomic mass is 9.97. The SMILES string of the molecule is NNC(CCC1CCCCO1)c1cc(F)ccc1F. The normalized spacial score (nSPS) is 21.3. The maximum Gasteiger partial charge on any atom is 0.128 e. The van der Waals surface area contributed by atoms with E-state index in [1.165, 1.54) is 12.5 Å². The first-order chi connectivity index (χ1) is 9.20. The van der Waals surface area contributed by atoms with E-state index in [1.54, 1.807) is 0 Å². The monoisotopic (exact) mass is 270 g/mol. The van der Waals surface area contributed by atoms with Crippen molar-refractivity contribution in [3.63, 3.8) is 0 Å². The van der Waals surface area contributed by atoms with Crippen molar-refractivity contribution >= 4 is 0 Å². The van der Waals surface area contributed by atoms with Gasteiger partial charge in [-0.05, 0) is 50.3 Å². The van der Waals surface area contributed by atoms with E-state index < -0.39 is 11.6 Å². The van der Waals surface area contributed by atoms with Crippen LogP contribution in [-0.4, -0.2) is 12.7 Å². The molecule has 2 rings (SSSR count). The number of halogens is 2. The Kier molecular flexibility index (Phi) is 5.24. The predicted molar refractivity (Wildman–Crippen MR) is 69.2 cm³/mol. The van der Waals surface area contributed by atoms with Crippen LogP contribution in [0.5, 0.6) is 0 Å². The van der Waals surface area contributed by atoms with Gasteiger partial charge >= 0.3 is 0 Å². The van der Waals surface area contributed by atoms with Gasteiger partial charge in [-0.2, -0.15) is 0 Å². The molecule has 0 aromatic heterocycles. The fourth-order valence-corrected chi connectivity index (χ4v) is 2.50. The van der Waals surface area contributed by atoms with Crippen molar-refractivity contribution in [2.45, 2.75) is 44.2 Å². The van der Waals surface area contributed by atoms with Crippen LogP contribution in [0, 0.1) is 11.6 Å². The van der Waals surface area contributed by atoms with Crippen LogP contribution >= 0.6 is 0 Å². The number of hydrogen-bond donors (Lipinski definition) is 2. The van der Waals surface area contributed by atoms with Crippen molar-refractivity contribution in [1.82, 2.24) is 5.43 Å². The highest BCUT2D eigenvalue weighted by atomic mass is 19.1. The summed E-state index contributed by atoms with van der Waals surface area (Å²) in [5.41, 5.74) is 2.84. The van der Waals surface area contributed by atoms with Crippen LogP contribution in [0.3, 0.4) is 0 Å². The quantitative estimate of drug-likeness (QED) is 0.639. The van der Waals surface area contributed by atoms with Gasteiger partial charge in [0.1, 0.15) is 11.6 Å². The highest BCUT2D eigenvalue weighted by Gasteiger charge is 2.19. The van der Waals surface area contributed by atoms with Gasteiger partial charge < -0.3 is 4.74 Å². The number of hydrogen-bond acceptors (Lipinski definition) is 3. The Labute approximate surface area is 112 Å². The summed E-state index contributed by atoms with van der Waals surface area (Å²) in [6, 6.07) is 3.05. The lowest BCUT2D eigenvalue weighted by Gasteiger charge is -2.25. The van der Waals surface area contributed by atoms with Crippen LogP contribution in [0.1, 0.15) is 43.7 Å². The molecule has 0 saturated carbocycles. The number of benzene rings is 1. The van der Waals surface area contributed by atoms with Crippen LogP contribution in [0.4, 0.5) is 8.78 Å². The Morgan fingerprint density at radius 3 is 2.89 bits per heavy atom. The van der Waals surface area contributed by atoms with Gasteiger partial charge in [-0.15, -0.1) is 0 Å². The van der Waals surface area contributed by atoms with E-state index in [4.69, 9.17) is 10.6 Å². The number of nitrogens with two attached hydrogens (primary N) is 1. The van der Waals surface area contributed by atoms with Crippen molar-refractivity contribution in [2.75, 3.05) is 6.61 Å². The molecule has 0 bridgehead atoms. The Morgan fingerprint density at radius 1 is 1.37 bits per heavy atom. The average Bonchev–Trinajstić information content (AvgIpc) is 2.44. The van der Waals surface area contributed by atoms with Crippen LogP contribution in [0.2, 0.25) is 0 Å². The molecule has 19 heavy (non-hydrogen) atoms. The van der Waals surface area contributed by atoms with Crippen LogP contribution in [-0.2, 0) is 4.74 Å². The maximum atomic E-state index is 13.7. The third-order valence-corrected chi connectivity index (χ3v) is 3.59. The summed E-state index contributed by atoms with van der Waals surface area (Å²) in [6.45, 7) is 0.791. The van der Waals surface area contributed by atoms with Crippen molar-refractivity contribution in [2.24, 2.45) is 5.84 Å². The molecule has 2 atom stereocenters. The second kappa shape index (κ2) is 6.93. The summed E-state index contributed by atoms with van der Waals surface area (Å²) in [5, 5.41) is 0. The molecule has 0 amide bonds. The molecule has 106 valence electrons. The van der Waals surface area contributed by atoms with Crippen molar-refractivity contribution < 1.29 is 13.5 Å². The van der Waals surface area contributed by atoms with E-state index in [0.717, 1.165) is 38.0 Å². The van der Waals surface area contributed by atoms with E-state index in [1.807, 2.05) is 0 Å². The molecule has 1 aromatic carbocycles. The van der Waals surface area contributed by atoms with E-state index in [0.29, 0.717) is 6.42 Å². The number of nitrogens with one attached hydrogen (secondary N) is 1. The van der Waals surface area contributed by atoms with Crippen molar-refractivity contribution in [1.29, 1.82) is 0 Å². The lowest BCUT2D eigenvalue weighted by molar-refractivity contribution is 0.00848. The number of hydrazine groups is 1. The van der Waals surface area contributed by atoms with Gasteiger partial charge in [0.15, 0.2) is 0 Å². The third kappa shape index (κ3) is 3.96. The fourth-order valence-electron chi connectivity index (χ4n) is 2.50. The van der Waals surface area contributed by atoms with Gasteiger partial charge in [-0.3, -0.25) is 11.3 Å². The fraction of sp³-hybridized carbons (Fsp3) is 0.571. The van der Waals surface area contributed by atoms with E-state index in [2.05, 4.69) is 5.43 Å². The smallest absolute Gasteiger partial charge is 0.128 e. The van der Waals surface area contributed by atoms with E-state index in [-0.39, 0.29) is 17.7 Å². The first kappa shape index (κ1) is 14.4. The highest BCUT2D eigenvalue weighted by molar-refractivity contribution is 5.22. The third-order valence-electron chi connectivity index (χ3n) is 3.59. The van der Waals surface area contributed by atoms with Crippen molar-refractivity contribution in [3.8, 4) is 0 Å². The summed E-state index contributed by atoms with van der Waals surface area (Å²) < 4.78 is 32.5. The molecule has 3 nitrogen and oxygen atoms in total. The van der Waals surface area contributed by atoms with Crippen LogP contribution in [0.15, 0.2) is 18.2 Å². The molecule has 0 spiro atoms. The second-order valence-corrected chi connectivity index (χ2v) is 4.95. The van der Waals surface area contributed by atoms with Gasteiger partial charge in [0.2, 0.25) is 0 Å². The molecule has 1 aromatic rings. The Hall–Kier alpha value is -1.04. The minimum absolute atomic E-state index is 0.209. The Balaban J connectivity index is 1.97. The Morgan fingerprint density at radius 2 is 2.21 bits per heavy atom. The summed E-state index contributed by atoms with van der Waals surface area (Å²) >= 11 is 0. The molecule has 1 aliphatic rings. The van der Waals surface area contributed by atoms with Gasteiger partial charge in [0, 0.05) is 18.2 Å². The first-order valence-corrected chi connectivity index (χ1v) is 6.73. The predicted octanol–water partition coefficient (Wildman–Crippen LogP) is 2.82. The van der Waals surface area contributed by atoms with E-state index in [9.17, 15) is 8.78 Å². The molecule has 2 unspecified atom stereocenters. The zero-order chi connectivity index (χ0) is 13.7. The first-order valence-electron chi connectivity index (χ1n) is 6.73. The van der Waals surface area contributed by atoms with Crippen LogP contribution < -0.4 is 11.3 Å². The summed E-state index contributed by atoms with van der Waals surface area (Å²) in [7, 11) is 0. The Bertz CT molecular complexity index is 408. The standard InChI is InChI=1S/C14H20F2N2O/c15-10-4-6-13(16)12(9-10)14(18-17)7-5-11-3-1-2-8-19-11/h4,6,9,11,14,18H,1-3,5,7-8,17H2. The molecule has 1 heterocycles. The minimum atomic E-state index is -0.453. The summed E-state index contributed by atoms with van der Waals surface area (Å²) in [5.74, 6) is 4.57. The van der Waals surface area contributed by atoms with Crippen LogP contribution in [0.25, 0.3) is 0 Å². The van der Waals surface area contributed by atoms with Gasteiger partial charge in [-0.1, -0.05) is 0 Å². The van der Waals surface area contributed by atoms with Gasteiger partial charge in [0.05, 0.1) is 6.10 Å². The van der Waals surface area contributed by atoms with Gasteiger partial charge in [-0.25, -0.2) is 8.78 Å². The molecule has 0 aliphatic carbocycles. The molecule has 1 aliphatic heterocycles. The van der Waals surface area contributed by atoms with E-state index >= 15 is 0 Å². The zero-order valence-corrected chi connectivity index (χ0v) is 10.9. The topological polar surface area (TPSA) is 47.3 Å². The van der Waals surface area contributed by atoms with Crippen molar-refractivity contribution in [3.05, 3.63) is 35.4 Å². The number of ether oxygens (including phenoxy) is 1. The molecular formula is C14H20F2N2O. The largest absolute Gasteiger partial charge is 0.378 e.